The Kier molecular flexibility index (Phi) is 4.46. The molecule has 1 aromatic heterocycles. The summed E-state index contributed by atoms with van der Waals surface area (Å²) in [6.07, 6.45) is 2.09. The minimum absolute atomic E-state index is 0.302. The SMILES string of the molecule is Cc1cc(NN)nc(CN2CCC(CO)CC2)n1. The van der Waals surface area contributed by atoms with Gasteiger partial charge in [-0.2, -0.15) is 0 Å². The number of hydrogen-bond donors (Lipinski definition) is 3. The van der Waals surface area contributed by atoms with Crippen LogP contribution in [0.2, 0.25) is 0 Å². The Labute approximate surface area is 107 Å². The molecule has 0 unspecified atom stereocenters. The highest BCUT2D eigenvalue weighted by atomic mass is 16.3. The number of likely N-dealkylation sites (tertiary alicyclic amines) is 1. The molecule has 1 aliphatic heterocycles. The van der Waals surface area contributed by atoms with E-state index in [1.807, 2.05) is 13.0 Å². The summed E-state index contributed by atoms with van der Waals surface area (Å²) in [7, 11) is 0. The lowest BCUT2D eigenvalue weighted by molar-refractivity contribution is 0.125. The molecule has 1 aromatic rings. The number of aliphatic hydroxyl groups is 1. The van der Waals surface area contributed by atoms with Gasteiger partial charge in [0.25, 0.3) is 0 Å². The Bertz CT molecular complexity index is 390. The topological polar surface area (TPSA) is 87.3 Å². The lowest BCUT2D eigenvalue weighted by Gasteiger charge is -2.30. The molecule has 2 heterocycles. The molecule has 0 aliphatic carbocycles. The third-order valence-corrected chi connectivity index (χ3v) is 3.38. The molecule has 18 heavy (non-hydrogen) atoms. The first-order valence-electron chi connectivity index (χ1n) is 6.35. The minimum Gasteiger partial charge on any atom is -0.396 e. The predicted octanol–water partition coefficient (Wildman–Crippen LogP) is 0.275. The van der Waals surface area contributed by atoms with E-state index in [1.54, 1.807) is 0 Å². The van der Waals surface area contributed by atoms with E-state index in [0.29, 0.717) is 18.3 Å². The van der Waals surface area contributed by atoms with Gasteiger partial charge in [-0.05, 0) is 38.8 Å². The second kappa shape index (κ2) is 6.08. The van der Waals surface area contributed by atoms with E-state index in [-0.39, 0.29) is 0 Å². The molecule has 2 rings (SSSR count). The highest BCUT2D eigenvalue weighted by Gasteiger charge is 2.19. The van der Waals surface area contributed by atoms with Crippen molar-refractivity contribution in [2.45, 2.75) is 26.3 Å². The van der Waals surface area contributed by atoms with Gasteiger partial charge in [-0.1, -0.05) is 0 Å². The molecule has 1 aliphatic rings. The minimum atomic E-state index is 0.302. The van der Waals surface area contributed by atoms with Crippen LogP contribution >= 0.6 is 0 Å². The normalized spacial score (nSPS) is 17.9. The van der Waals surface area contributed by atoms with E-state index in [0.717, 1.165) is 44.0 Å². The summed E-state index contributed by atoms with van der Waals surface area (Å²) >= 11 is 0. The number of nitrogens with one attached hydrogen (secondary N) is 1. The lowest BCUT2D eigenvalue weighted by Crippen LogP contribution is -2.34. The fourth-order valence-corrected chi connectivity index (χ4v) is 2.30. The molecule has 4 N–H and O–H groups in total. The zero-order chi connectivity index (χ0) is 13.0. The van der Waals surface area contributed by atoms with Crippen molar-refractivity contribution in [1.29, 1.82) is 0 Å². The van der Waals surface area contributed by atoms with E-state index >= 15 is 0 Å². The lowest BCUT2D eigenvalue weighted by atomic mass is 9.98. The summed E-state index contributed by atoms with van der Waals surface area (Å²) in [6, 6.07) is 1.82. The van der Waals surface area contributed by atoms with E-state index in [9.17, 15) is 0 Å². The Hall–Kier alpha value is -1.24. The second-order valence-electron chi connectivity index (χ2n) is 4.86. The molecule has 0 atom stereocenters. The molecule has 0 saturated carbocycles. The average Bonchev–Trinajstić information content (AvgIpc) is 2.39. The molecule has 6 heteroatoms. The van der Waals surface area contributed by atoms with Crippen LogP contribution in [0.25, 0.3) is 0 Å². The number of rotatable bonds is 4. The van der Waals surface area contributed by atoms with Gasteiger partial charge < -0.3 is 10.5 Å². The van der Waals surface area contributed by atoms with Gasteiger partial charge in [-0.25, -0.2) is 15.8 Å². The van der Waals surface area contributed by atoms with Gasteiger partial charge in [0.1, 0.15) is 11.6 Å². The quantitative estimate of drug-likeness (QED) is 0.526. The summed E-state index contributed by atoms with van der Waals surface area (Å²) in [5.41, 5.74) is 3.47. The van der Waals surface area contributed by atoms with Crippen molar-refractivity contribution in [3.05, 3.63) is 17.6 Å². The highest BCUT2D eigenvalue weighted by molar-refractivity contribution is 5.33. The number of hydrogen-bond acceptors (Lipinski definition) is 6. The molecule has 0 aromatic carbocycles. The van der Waals surface area contributed by atoms with Crippen molar-refractivity contribution in [1.82, 2.24) is 14.9 Å². The Morgan fingerprint density at radius 1 is 1.44 bits per heavy atom. The molecule has 1 fully saturated rings. The number of aryl methyl sites for hydroxylation is 1. The van der Waals surface area contributed by atoms with Crippen molar-refractivity contribution in [3.63, 3.8) is 0 Å². The van der Waals surface area contributed by atoms with E-state index in [2.05, 4.69) is 20.3 Å². The van der Waals surface area contributed by atoms with Gasteiger partial charge in [0.2, 0.25) is 0 Å². The van der Waals surface area contributed by atoms with E-state index in [1.165, 1.54) is 0 Å². The third kappa shape index (κ3) is 3.38. The smallest absolute Gasteiger partial charge is 0.145 e. The van der Waals surface area contributed by atoms with E-state index < -0.39 is 0 Å². The van der Waals surface area contributed by atoms with Crippen molar-refractivity contribution >= 4 is 5.82 Å². The fourth-order valence-electron chi connectivity index (χ4n) is 2.30. The van der Waals surface area contributed by atoms with Gasteiger partial charge in [0.15, 0.2) is 0 Å². The summed E-state index contributed by atoms with van der Waals surface area (Å²) < 4.78 is 0. The van der Waals surface area contributed by atoms with Crippen LogP contribution < -0.4 is 11.3 Å². The first-order chi connectivity index (χ1) is 8.71. The largest absolute Gasteiger partial charge is 0.396 e. The van der Waals surface area contributed by atoms with Gasteiger partial charge in [0.05, 0.1) is 6.54 Å². The van der Waals surface area contributed by atoms with Gasteiger partial charge >= 0.3 is 0 Å². The van der Waals surface area contributed by atoms with Crippen LogP contribution in [-0.4, -0.2) is 39.7 Å². The van der Waals surface area contributed by atoms with Crippen LogP contribution in [0.3, 0.4) is 0 Å². The maximum Gasteiger partial charge on any atom is 0.145 e. The first-order valence-corrected chi connectivity index (χ1v) is 6.35. The third-order valence-electron chi connectivity index (χ3n) is 3.38. The van der Waals surface area contributed by atoms with Crippen molar-refractivity contribution in [2.75, 3.05) is 25.1 Å². The van der Waals surface area contributed by atoms with Crippen molar-refractivity contribution in [3.8, 4) is 0 Å². The summed E-state index contributed by atoms with van der Waals surface area (Å²) in [5.74, 6) is 7.29. The van der Waals surface area contributed by atoms with E-state index in [4.69, 9.17) is 10.9 Å². The van der Waals surface area contributed by atoms with Crippen molar-refractivity contribution in [2.24, 2.45) is 11.8 Å². The maximum absolute atomic E-state index is 9.11. The maximum atomic E-state index is 9.11. The number of hydrazine groups is 1. The number of nitrogens with zero attached hydrogens (tertiary/aromatic N) is 3. The first kappa shape index (κ1) is 13.2. The molecule has 0 radical (unpaired) electrons. The molecular weight excluding hydrogens is 230 g/mol. The van der Waals surface area contributed by atoms with Crippen molar-refractivity contribution < 1.29 is 5.11 Å². The van der Waals surface area contributed by atoms with Crippen LogP contribution in [0.5, 0.6) is 0 Å². The van der Waals surface area contributed by atoms with Crippen LogP contribution in [0, 0.1) is 12.8 Å². The zero-order valence-electron chi connectivity index (χ0n) is 10.8. The van der Waals surface area contributed by atoms with Crippen LogP contribution in [0.15, 0.2) is 6.07 Å². The van der Waals surface area contributed by atoms with Gasteiger partial charge in [-0.3, -0.25) is 4.90 Å². The number of aliphatic hydroxyl groups excluding tert-OH is 1. The molecular formula is C12H21N5O. The molecule has 100 valence electrons. The summed E-state index contributed by atoms with van der Waals surface area (Å²) in [5, 5.41) is 9.11. The molecule has 0 bridgehead atoms. The number of piperidine rings is 1. The Balaban J connectivity index is 1.95. The van der Waals surface area contributed by atoms with Gasteiger partial charge in [-0.15, -0.1) is 0 Å². The summed E-state index contributed by atoms with van der Waals surface area (Å²) in [6.45, 7) is 4.97. The monoisotopic (exact) mass is 251 g/mol. The Morgan fingerprint density at radius 3 is 2.78 bits per heavy atom. The Morgan fingerprint density at radius 2 is 2.17 bits per heavy atom. The molecule has 1 saturated heterocycles. The number of anilines is 1. The fraction of sp³-hybridized carbons (Fsp3) is 0.667. The summed E-state index contributed by atoms with van der Waals surface area (Å²) in [4.78, 5) is 11.1. The molecule has 6 nitrogen and oxygen atoms in total. The predicted molar refractivity (Wildman–Crippen MR) is 69.7 cm³/mol. The van der Waals surface area contributed by atoms with Crippen LogP contribution in [0.1, 0.15) is 24.4 Å². The van der Waals surface area contributed by atoms with Crippen LogP contribution in [0.4, 0.5) is 5.82 Å². The second-order valence-corrected chi connectivity index (χ2v) is 4.86. The van der Waals surface area contributed by atoms with Crippen LogP contribution in [-0.2, 0) is 6.54 Å². The number of nitrogens with two attached hydrogens (primary N) is 1. The number of aromatic nitrogens is 2. The molecule has 0 amide bonds. The van der Waals surface area contributed by atoms with Gasteiger partial charge in [0, 0.05) is 18.4 Å². The number of nitrogen functional groups attached to an aromatic ring is 1. The standard InChI is InChI=1S/C12H21N5O/c1-9-6-11(16-13)15-12(14-9)7-17-4-2-10(8-18)3-5-17/h6,10,18H,2-5,7-8,13H2,1H3,(H,14,15,16). The molecule has 0 spiro atoms. The average molecular weight is 251 g/mol. The highest BCUT2D eigenvalue weighted by Crippen LogP contribution is 2.18. The zero-order valence-corrected chi connectivity index (χ0v) is 10.8.